The van der Waals surface area contributed by atoms with Crippen LogP contribution in [-0.4, -0.2) is 41.0 Å². The molecule has 0 radical (unpaired) electrons. The van der Waals surface area contributed by atoms with Gasteiger partial charge in [-0.15, -0.1) is 0 Å². The minimum absolute atomic E-state index is 0.0304. The van der Waals surface area contributed by atoms with Crippen molar-refractivity contribution in [2.45, 2.75) is 30.1 Å². The first-order valence-electron chi connectivity index (χ1n) is 9.21. The highest BCUT2D eigenvalue weighted by atomic mass is 32.2. The molecule has 1 aromatic carbocycles. The van der Waals surface area contributed by atoms with Crippen molar-refractivity contribution in [2.24, 2.45) is 0 Å². The van der Waals surface area contributed by atoms with E-state index in [9.17, 15) is 12.8 Å². The molecule has 0 spiro atoms. The summed E-state index contributed by atoms with van der Waals surface area (Å²) in [7, 11) is -3.55. The fraction of sp³-hybridized carbons (Fsp3) is 0.300. The van der Waals surface area contributed by atoms with E-state index in [2.05, 4.69) is 10.2 Å². The molecule has 3 aromatic rings. The predicted octanol–water partition coefficient (Wildman–Crippen LogP) is 3.10. The van der Waals surface area contributed by atoms with Crippen molar-refractivity contribution in [3.63, 3.8) is 0 Å². The summed E-state index contributed by atoms with van der Waals surface area (Å²) in [5, 5.41) is 6.31. The van der Waals surface area contributed by atoms with E-state index in [0.29, 0.717) is 19.5 Å². The third kappa shape index (κ3) is 3.98. The van der Waals surface area contributed by atoms with Gasteiger partial charge >= 0.3 is 0 Å². The fourth-order valence-corrected chi connectivity index (χ4v) is 5.04. The SMILES string of the molecule is O=S(=O)(c1cn[nH]c1)N1CCCC(c2cccc(Cc3cccc(F)c3)n2)C1. The first kappa shape index (κ1) is 18.8. The molecule has 1 aliphatic heterocycles. The molecule has 2 aromatic heterocycles. The molecule has 6 nitrogen and oxygen atoms in total. The van der Waals surface area contributed by atoms with Gasteiger partial charge in [0.1, 0.15) is 10.7 Å². The van der Waals surface area contributed by atoms with Gasteiger partial charge in [-0.1, -0.05) is 18.2 Å². The summed E-state index contributed by atoms with van der Waals surface area (Å²) in [6.45, 7) is 0.886. The summed E-state index contributed by atoms with van der Waals surface area (Å²) in [4.78, 5) is 4.92. The Morgan fingerprint density at radius 1 is 1.21 bits per heavy atom. The highest BCUT2D eigenvalue weighted by molar-refractivity contribution is 7.89. The van der Waals surface area contributed by atoms with E-state index >= 15 is 0 Å². The maximum absolute atomic E-state index is 13.4. The number of aromatic amines is 1. The Balaban J connectivity index is 1.52. The van der Waals surface area contributed by atoms with E-state index in [1.807, 2.05) is 24.3 Å². The Bertz CT molecular complexity index is 1050. The monoisotopic (exact) mass is 400 g/mol. The standard InChI is InChI=1S/C20H21FN4O2S/c21-17-6-1-4-15(10-17)11-18-7-2-8-20(24-18)16-5-3-9-25(14-16)28(26,27)19-12-22-23-13-19/h1-2,4,6-8,10,12-13,16H,3,5,9,11,14H2,(H,22,23). The minimum atomic E-state index is -3.55. The van der Waals surface area contributed by atoms with Crippen molar-refractivity contribution >= 4 is 10.0 Å². The van der Waals surface area contributed by atoms with Crippen LogP contribution in [0.5, 0.6) is 0 Å². The van der Waals surface area contributed by atoms with Gasteiger partial charge in [-0.05, 0) is 42.7 Å². The second kappa shape index (κ2) is 7.81. The third-order valence-electron chi connectivity index (χ3n) is 5.02. The Hall–Kier alpha value is -2.58. The van der Waals surface area contributed by atoms with Crippen LogP contribution in [0.15, 0.2) is 59.8 Å². The van der Waals surface area contributed by atoms with Crippen LogP contribution in [0.3, 0.4) is 0 Å². The Labute approximate surface area is 163 Å². The molecule has 0 aliphatic carbocycles. The van der Waals surface area contributed by atoms with Crippen molar-refractivity contribution in [2.75, 3.05) is 13.1 Å². The summed E-state index contributed by atoms with van der Waals surface area (Å²) < 4.78 is 40.5. The number of hydrogen-bond donors (Lipinski definition) is 1. The lowest BCUT2D eigenvalue weighted by Gasteiger charge is -2.31. The number of aromatic nitrogens is 3. The van der Waals surface area contributed by atoms with E-state index in [1.54, 1.807) is 6.07 Å². The van der Waals surface area contributed by atoms with Gasteiger partial charge in [0.2, 0.25) is 10.0 Å². The highest BCUT2D eigenvalue weighted by Crippen LogP contribution is 2.29. The number of H-pyrrole nitrogens is 1. The number of pyridine rings is 1. The summed E-state index contributed by atoms with van der Waals surface area (Å²) in [5.74, 6) is -0.232. The van der Waals surface area contributed by atoms with Crippen molar-refractivity contribution < 1.29 is 12.8 Å². The molecule has 0 amide bonds. The summed E-state index contributed by atoms with van der Waals surface area (Å²) in [5.41, 5.74) is 2.58. The molecule has 8 heteroatoms. The number of nitrogens with one attached hydrogen (secondary N) is 1. The lowest BCUT2D eigenvalue weighted by Crippen LogP contribution is -2.39. The molecule has 1 atom stereocenters. The zero-order valence-corrected chi connectivity index (χ0v) is 16.1. The average molecular weight is 400 g/mol. The normalized spacial score (nSPS) is 18.2. The van der Waals surface area contributed by atoms with E-state index in [4.69, 9.17) is 4.98 Å². The molecular formula is C20H21FN4O2S. The molecule has 1 saturated heterocycles. The molecule has 0 saturated carbocycles. The van der Waals surface area contributed by atoms with Crippen LogP contribution in [0.25, 0.3) is 0 Å². The highest BCUT2D eigenvalue weighted by Gasteiger charge is 2.32. The number of benzene rings is 1. The van der Waals surface area contributed by atoms with Gasteiger partial charge in [-0.3, -0.25) is 10.1 Å². The molecule has 1 N–H and O–H groups in total. The number of halogens is 1. The average Bonchev–Trinajstić information content (AvgIpc) is 3.24. The zero-order valence-electron chi connectivity index (χ0n) is 15.3. The molecule has 1 unspecified atom stereocenters. The van der Waals surface area contributed by atoms with E-state index in [0.717, 1.165) is 29.8 Å². The minimum Gasteiger partial charge on any atom is -0.284 e. The van der Waals surface area contributed by atoms with E-state index in [1.165, 1.54) is 28.8 Å². The van der Waals surface area contributed by atoms with E-state index < -0.39 is 10.0 Å². The summed E-state index contributed by atoms with van der Waals surface area (Å²) in [6, 6.07) is 12.3. The number of hydrogen-bond acceptors (Lipinski definition) is 4. The van der Waals surface area contributed by atoms with Gasteiger partial charge in [0, 0.05) is 43.0 Å². The Morgan fingerprint density at radius 2 is 2.07 bits per heavy atom. The molecule has 0 bridgehead atoms. The smallest absolute Gasteiger partial charge is 0.246 e. The molecule has 3 heterocycles. The predicted molar refractivity (Wildman–Crippen MR) is 103 cm³/mol. The van der Waals surface area contributed by atoms with Crippen LogP contribution in [0, 0.1) is 5.82 Å². The molecule has 28 heavy (non-hydrogen) atoms. The van der Waals surface area contributed by atoms with Crippen LogP contribution in [-0.2, 0) is 16.4 Å². The third-order valence-corrected chi connectivity index (χ3v) is 6.85. The molecule has 146 valence electrons. The number of rotatable bonds is 5. The van der Waals surface area contributed by atoms with Gasteiger partial charge in [0.15, 0.2) is 0 Å². The van der Waals surface area contributed by atoms with Crippen molar-refractivity contribution in [3.05, 3.63) is 77.6 Å². The van der Waals surface area contributed by atoms with Gasteiger partial charge in [0.25, 0.3) is 0 Å². The van der Waals surface area contributed by atoms with Crippen molar-refractivity contribution in [3.8, 4) is 0 Å². The second-order valence-corrected chi connectivity index (χ2v) is 8.93. The maximum Gasteiger partial charge on any atom is 0.246 e. The zero-order chi connectivity index (χ0) is 19.6. The number of piperidine rings is 1. The second-order valence-electron chi connectivity index (χ2n) is 7.00. The number of sulfonamides is 1. The van der Waals surface area contributed by atoms with Gasteiger partial charge in [0.05, 0.1) is 6.20 Å². The van der Waals surface area contributed by atoms with Gasteiger partial charge in [-0.2, -0.15) is 9.40 Å². The van der Waals surface area contributed by atoms with Gasteiger partial charge < -0.3 is 0 Å². The quantitative estimate of drug-likeness (QED) is 0.714. The first-order valence-corrected chi connectivity index (χ1v) is 10.7. The van der Waals surface area contributed by atoms with Crippen molar-refractivity contribution in [1.82, 2.24) is 19.5 Å². The molecular weight excluding hydrogens is 379 g/mol. The van der Waals surface area contributed by atoms with Crippen LogP contribution in [0.1, 0.15) is 35.7 Å². The van der Waals surface area contributed by atoms with Gasteiger partial charge in [-0.25, -0.2) is 12.8 Å². The lowest BCUT2D eigenvalue weighted by atomic mass is 9.95. The Morgan fingerprint density at radius 3 is 2.86 bits per heavy atom. The summed E-state index contributed by atoms with van der Waals surface area (Å²) in [6.07, 6.45) is 4.92. The first-order chi connectivity index (χ1) is 13.5. The van der Waals surface area contributed by atoms with Crippen LogP contribution in [0.2, 0.25) is 0 Å². The molecule has 4 rings (SSSR count). The van der Waals surface area contributed by atoms with Crippen LogP contribution in [0.4, 0.5) is 4.39 Å². The fourth-order valence-electron chi connectivity index (χ4n) is 3.61. The van der Waals surface area contributed by atoms with E-state index in [-0.39, 0.29) is 16.6 Å². The summed E-state index contributed by atoms with van der Waals surface area (Å²) >= 11 is 0. The van der Waals surface area contributed by atoms with Crippen molar-refractivity contribution in [1.29, 1.82) is 0 Å². The molecule has 1 fully saturated rings. The van der Waals surface area contributed by atoms with Crippen LogP contribution >= 0.6 is 0 Å². The maximum atomic E-state index is 13.4. The lowest BCUT2D eigenvalue weighted by molar-refractivity contribution is 0.312. The largest absolute Gasteiger partial charge is 0.284 e. The topological polar surface area (TPSA) is 79.0 Å². The Kier molecular flexibility index (Phi) is 5.23. The number of nitrogens with zero attached hydrogens (tertiary/aromatic N) is 3. The molecule has 1 aliphatic rings. The van der Waals surface area contributed by atoms with Crippen LogP contribution < -0.4 is 0 Å².